The van der Waals surface area contributed by atoms with E-state index in [4.69, 9.17) is 15.3 Å². The van der Waals surface area contributed by atoms with Gasteiger partial charge in [-0.25, -0.2) is 9.59 Å². The molecule has 19 heavy (non-hydrogen) atoms. The summed E-state index contributed by atoms with van der Waals surface area (Å²) >= 11 is 0. The molecule has 7 nitrogen and oxygen atoms in total. The average molecular weight is 274 g/mol. The van der Waals surface area contributed by atoms with Crippen molar-refractivity contribution >= 4 is 17.9 Å². The van der Waals surface area contributed by atoms with Gasteiger partial charge in [0.15, 0.2) is 6.10 Å². The van der Waals surface area contributed by atoms with Gasteiger partial charge in [0.05, 0.1) is 0 Å². The lowest BCUT2D eigenvalue weighted by Gasteiger charge is -2.09. The fourth-order valence-electron chi connectivity index (χ4n) is 1.54. The van der Waals surface area contributed by atoms with Crippen LogP contribution in [0.1, 0.15) is 32.6 Å². The zero-order valence-corrected chi connectivity index (χ0v) is 10.6. The Bertz CT molecular complexity index is 357. The summed E-state index contributed by atoms with van der Waals surface area (Å²) in [4.78, 5) is 30.8. The number of hydrogen-bond acceptors (Lipinski definition) is 5. The van der Waals surface area contributed by atoms with Gasteiger partial charge in [0, 0.05) is 12.8 Å². The van der Waals surface area contributed by atoms with Gasteiger partial charge < -0.3 is 20.1 Å². The van der Waals surface area contributed by atoms with Crippen LogP contribution in [0.15, 0.2) is 0 Å². The molecule has 0 bridgehead atoms. The summed E-state index contributed by atoms with van der Waals surface area (Å²) in [6, 6.07) is 0. The third kappa shape index (κ3) is 5.69. The summed E-state index contributed by atoms with van der Waals surface area (Å²) in [5, 5.41) is 25.4. The maximum atomic E-state index is 10.4. The third-order valence-corrected chi connectivity index (χ3v) is 2.91. The normalized spacial score (nSPS) is 20.5. The Labute approximate surface area is 110 Å². The summed E-state index contributed by atoms with van der Waals surface area (Å²) in [5.41, 5.74) is 0. The van der Waals surface area contributed by atoms with Gasteiger partial charge in [-0.1, -0.05) is 0 Å². The highest BCUT2D eigenvalue weighted by Crippen LogP contribution is 2.34. The molecule has 2 rings (SSSR count). The maximum Gasteiger partial charge on any atom is 0.345 e. The zero-order chi connectivity index (χ0) is 14.6. The van der Waals surface area contributed by atoms with Crippen LogP contribution in [0.2, 0.25) is 0 Å². The van der Waals surface area contributed by atoms with Gasteiger partial charge in [-0.3, -0.25) is 4.79 Å². The average Bonchev–Trinajstić information content (AvgIpc) is 3.16. The number of rotatable bonds is 5. The molecule has 0 heterocycles. The topological polar surface area (TPSA) is 121 Å². The fourth-order valence-corrected chi connectivity index (χ4v) is 1.54. The molecule has 2 fully saturated rings. The number of carbonyl (C=O) groups is 3. The molecule has 2 aliphatic rings. The summed E-state index contributed by atoms with van der Waals surface area (Å²) in [6.45, 7) is 1.22. The molecule has 7 heteroatoms. The molecule has 2 saturated carbocycles. The van der Waals surface area contributed by atoms with Crippen LogP contribution in [0.4, 0.5) is 0 Å². The number of hydrogen-bond donors (Lipinski definition) is 3. The molecule has 2 unspecified atom stereocenters. The third-order valence-electron chi connectivity index (χ3n) is 2.91. The number of aliphatic carboxylic acids is 2. The van der Waals surface area contributed by atoms with E-state index < -0.39 is 30.1 Å². The predicted molar refractivity (Wildman–Crippen MR) is 62.3 cm³/mol. The van der Waals surface area contributed by atoms with Gasteiger partial charge in [0.2, 0.25) is 6.10 Å². The Morgan fingerprint density at radius 1 is 1.00 bits per heavy atom. The van der Waals surface area contributed by atoms with Crippen molar-refractivity contribution in [3.63, 3.8) is 0 Å². The summed E-state index contributed by atoms with van der Waals surface area (Å²) in [7, 11) is 0. The molecule has 108 valence electrons. The van der Waals surface area contributed by atoms with Crippen LogP contribution < -0.4 is 0 Å². The van der Waals surface area contributed by atoms with Gasteiger partial charge in [-0.05, 0) is 31.6 Å². The molecular formula is C12H18O7. The number of aliphatic hydroxyl groups is 1. The molecule has 0 aliphatic heterocycles. The second-order valence-electron chi connectivity index (χ2n) is 4.83. The first-order valence-corrected chi connectivity index (χ1v) is 6.13. The van der Waals surface area contributed by atoms with Gasteiger partial charge in [0.25, 0.3) is 0 Å². The van der Waals surface area contributed by atoms with Gasteiger partial charge >= 0.3 is 17.9 Å². The van der Waals surface area contributed by atoms with E-state index in [-0.39, 0.29) is 11.8 Å². The number of ether oxygens (including phenoxy) is 1. The molecule has 0 saturated heterocycles. The molecule has 0 amide bonds. The van der Waals surface area contributed by atoms with E-state index in [9.17, 15) is 14.4 Å². The van der Waals surface area contributed by atoms with Crippen LogP contribution in [0.25, 0.3) is 0 Å². The summed E-state index contributed by atoms with van der Waals surface area (Å²) < 4.78 is 4.60. The van der Waals surface area contributed by atoms with Crippen molar-refractivity contribution in [2.75, 3.05) is 0 Å². The number of carbonyl (C=O) groups excluding carboxylic acids is 1. The fraction of sp³-hybridized carbons (Fsp3) is 0.750. The first-order chi connectivity index (χ1) is 8.82. The standard InChI is InChI=1S/C7H10O4.C5H8O3/c1-4(8)11-6(7(9)10)5-2-3-5;6-4(5(7)8)3-1-2-3/h5-6H,2-3H2,1H3,(H,9,10);3-4,6H,1-2H2,(H,7,8). The first kappa shape index (κ1) is 15.4. The van der Waals surface area contributed by atoms with Crippen molar-refractivity contribution in [3.8, 4) is 0 Å². The van der Waals surface area contributed by atoms with Gasteiger partial charge in [0.1, 0.15) is 0 Å². The van der Waals surface area contributed by atoms with Crippen LogP contribution in [0.5, 0.6) is 0 Å². The molecule has 2 atom stereocenters. The van der Waals surface area contributed by atoms with Crippen LogP contribution in [0, 0.1) is 11.8 Å². The quantitative estimate of drug-likeness (QED) is 0.614. The van der Waals surface area contributed by atoms with E-state index >= 15 is 0 Å². The van der Waals surface area contributed by atoms with Crippen LogP contribution in [-0.2, 0) is 19.1 Å². The highest BCUT2D eigenvalue weighted by atomic mass is 16.6. The van der Waals surface area contributed by atoms with Crippen molar-refractivity contribution in [3.05, 3.63) is 0 Å². The Kier molecular flexibility index (Phi) is 5.29. The second kappa shape index (κ2) is 6.51. The predicted octanol–water partition coefficient (Wildman–Crippen LogP) is 0.255. The number of carboxylic acids is 2. The van der Waals surface area contributed by atoms with Crippen LogP contribution in [-0.4, -0.2) is 45.4 Å². The highest BCUT2D eigenvalue weighted by Gasteiger charge is 2.38. The van der Waals surface area contributed by atoms with Gasteiger partial charge in [-0.2, -0.15) is 0 Å². The van der Waals surface area contributed by atoms with Gasteiger partial charge in [-0.15, -0.1) is 0 Å². The lowest BCUT2D eigenvalue weighted by atomic mass is 10.2. The van der Waals surface area contributed by atoms with E-state index in [0.717, 1.165) is 25.7 Å². The van der Waals surface area contributed by atoms with E-state index in [0.29, 0.717) is 0 Å². The van der Waals surface area contributed by atoms with Crippen molar-refractivity contribution in [2.45, 2.75) is 44.8 Å². The molecule has 0 aromatic carbocycles. The Morgan fingerprint density at radius 2 is 1.47 bits per heavy atom. The Morgan fingerprint density at radius 3 is 1.68 bits per heavy atom. The first-order valence-electron chi connectivity index (χ1n) is 6.13. The van der Waals surface area contributed by atoms with Crippen molar-refractivity contribution in [2.24, 2.45) is 11.8 Å². The number of esters is 1. The molecule has 3 N–H and O–H groups in total. The van der Waals surface area contributed by atoms with Crippen molar-refractivity contribution in [1.29, 1.82) is 0 Å². The molecular weight excluding hydrogens is 256 g/mol. The molecule has 2 aliphatic carbocycles. The minimum Gasteiger partial charge on any atom is -0.479 e. The molecule has 0 aromatic heterocycles. The summed E-state index contributed by atoms with van der Waals surface area (Å²) in [6.07, 6.45) is 1.43. The van der Waals surface area contributed by atoms with E-state index in [1.165, 1.54) is 6.92 Å². The van der Waals surface area contributed by atoms with Crippen molar-refractivity contribution in [1.82, 2.24) is 0 Å². The van der Waals surface area contributed by atoms with Crippen LogP contribution >= 0.6 is 0 Å². The van der Waals surface area contributed by atoms with Crippen LogP contribution in [0.3, 0.4) is 0 Å². The largest absolute Gasteiger partial charge is 0.479 e. The maximum absolute atomic E-state index is 10.4. The zero-order valence-electron chi connectivity index (χ0n) is 10.6. The molecule has 0 aromatic rings. The highest BCUT2D eigenvalue weighted by molar-refractivity contribution is 5.77. The SMILES string of the molecule is CC(=O)OC(C(=O)O)C1CC1.O=C(O)C(O)C1CC1. The Balaban J connectivity index is 0.000000200. The summed E-state index contributed by atoms with van der Waals surface area (Å²) in [5.74, 6) is -2.55. The van der Waals surface area contributed by atoms with E-state index in [1.54, 1.807) is 0 Å². The second-order valence-corrected chi connectivity index (χ2v) is 4.83. The molecule has 0 spiro atoms. The minimum absolute atomic E-state index is 0.0486. The lowest BCUT2D eigenvalue weighted by molar-refractivity contribution is -0.163. The lowest BCUT2D eigenvalue weighted by Crippen LogP contribution is -2.27. The van der Waals surface area contributed by atoms with E-state index in [2.05, 4.69) is 4.74 Å². The minimum atomic E-state index is -1.10. The van der Waals surface area contributed by atoms with Crippen molar-refractivity contribution < 1.29 is 34.4 Å². The molecule has 0 radical (unpaired) electrons. The Hall–Kier alpha value is -1.63. The smallest absolute Gasteiger partial charge is 0.345 e. The number of carboxylic acid groups (broad SMARTS) is 2. The van der Waals surface area contributed by atoms with E-state index in [1.807, 2.05) is 0 Å². The number of aliphatic hydroxyl groups excluding tert-OH is 1. The monoisotopic (exact) mass is 274 g/mol.